The molecule has 0 fully saturated rings. The molecule has 0 spiro atoms. The average molecular weight is 1440 g/mol. The van der Waals surface area contributed by atoms with Crippen molar-refractivity contribution in [3.8, 4) is 0 Å². The molecule has 0 aromatic rings. The molecule has 5 unspecified atom stereocenters. The number of esters is 4. The smallest absolute Gasteiger partial charge is 0.462 e. The van der Waals surface area contributed by atoms with E-state index in [0.717, 1.165) is 186 Å². The Labute approximate surface area is 605 Å². The third-order valence-corrected chi connectivity index (χ3v) is 17.2. The van der Waals surface area contributed by atoms with E-state index in [9.17, 15) is 43.2 Å². The first-order valence-corrected chi connectivity index (χ1v) is 41.1. The molecule has 0 saturated carbocycles. The van der Waals surface area contributed by atoms with E-state index in [2.05, 4.69) is 174 Å². The second-order valence-corrected chi connectivity index (χ2v) is 27.7. The zero-order valence-electron chi connectivity index (χ0n) is 62.1. The highest BCUT2D eigenvalue weighted by Crippen LogP contribution is 2.45. The molecular weight excluding hydrogens is 1310 g/mol. The van der Waals surface area contributed by atoms with E-state index < -0.39 is 97.5 Å². The van der Waals surface area contributed by atoms with Crippen LogP contribution in [0, 0.1) is 0 Å². The Morgan fingerprint density at radius 2 is 0.520 bits per heavy atom. The summed E-state index contributed by atoms with van der Waals surface area (Å²) in [5.74, 6) is -2.28. The van der Waals surface area contributed by atoms with Crippen LogP contribution in [0.3, 0.4) is 0 Å². The molecule has 0 rings (SSSR count). The van der Waals surface area contributed by atoms with Crippen LogP contribution in [-0.2, 0) is 65.4 Å². The van der Waals surface area contributed by atoms with Gasteiger partial charge >= 0.3 is 39.5 Å². The molecule has 0 amide bonds. The Kier molecular flexibility index (Phi) is 68.6. The van der Waals surface area contributed by atoms with Crippen LogP contribution in [0.1, 0.15) is 285 Å². The van der Waals surface area contributed by atoms with Gasteiger partial charge in [-0.2, -0.15) is 0 Å². The van der Waals surface area contributed by atoms with Gasteiger partial charge in [0.05, 0.1) is 26.4 Å². The zero-order valence-corrected chi connectivity index (χ0v) is 63.9. The maximum Gasteiger partial charge on any atom is 0.472 e. The van der Waals surface area contributed by atoms with Crippen LogP contribution in [0.4, 0.5) is 0 Å². The van der Waals surface area contributed by atoms with Crippen molar-refractivity contribution in [3.63, 3.8) is 0 Å². The molecule has 0 heterocycles. The number of phosphoric ester groups is 2. The predicted molar refractivity (Wildman–Crippen MR) is 408 cm³/mol. The standard InChI is InChI=1S/C81H134O17P2/c1-5-9-13-17-21-25-29-32-35-37-40-42-46-49-53-57-61-65-78(83)91-71-76(97-80(85)67-63-59-55-51-45-28-24-20-16-12-8-4)73-95-99(87,88)93-69-75(82)70-94-100(89,90)96-74-77(98-81(86)68-64-60-56-52-48-44-39-34-31-27-23-19-15-11-7-3)72-92-79(84)66-62-58-54-50-47-43-41-38-36-33-30-26-22-18-14-10-6-2/h9-11,13-15,20-27,32-36,39-40,42,48,52,75-77,82H,5-8,12,16-19,28-31,37-38,41,43-47,49-51,53-74H2,1-4H3,(H,87,88)(H,89,90)/b13-9-,14-10-,15-11-,24-20-,25-21-,26-22-,27-23-,35-32-,36-33-,39-34-,42-40-,52-48-. The molecule has 0 aromatic carbocycles. The molecule has 0 bridgehead atoms. The number of aliphatic hydroxyl groups is 1. The molecule has 0 aliphatic rings. The average Bonchev–Trinajstić information content (AvgIpc) is 0.989. The summed E-state index contributed by atoms with van der Waals surface area (Å²) in [7, 11) is -9.98. The van der Waals surface area contributed by atoms with Crippen molar-refractivity contribution in [1.82, 2.24) is 0 Å². The van der Waals surface area contributed by atoms with Gasteiger partial charge in [-0.05, 0) is 154 Å². The van der Waals surface area contributed by atoms with Crippen molar-refractivity contribution in [3.05, 3.63) is 146 Å². The van der Waals surface area contributed by atoms with Gasteiger partial charge in [0.2, 0.25) is 0 Å². The minimum Gasteiger partial charge on any atom is -0.462 e. The summed E-state index contributed by atoms with van der Waals surface area (Å²) in [5.41, 5.74) is 0. The molecule has 3 N–H and O–H groups in total. The molecule has 0 aromatic heterocycles. The monoisotopic (exact) mass is 1440 g/mol. The van der Waals surface area contributed by atoms with Gasteiger partial charge in [-0.3, -0.25) is 37.3 Å². The Bertz CT molecular complexity index is 2470. The molecule has 19 heteroatoms. The van der Waals surface area contributed by atoms with E-state index in [-0.39, 0.29) is 25.7 Å². The highest BCUT2D eigenvalue weighted by molar-refractivity contribution is 7.47. The normalized spacial score (nSPS) is 14.8. The Morgan fingerprint density at radius 3 is 0.830 bits per heavy atom. The van der Waals surface area contributed by atoms with E-state index in [4.69, 9.17) is 37.0 Å². The summed E-state index contributed by atoms with van der Waals surface area (Å²) in [6.07, 6.45) is 81.3. The van der Waals surface area contributed by atoms with Gasteiger partial charge in [0.25, 0.3) is 0 Å². The number of carbonyl (C=O) groups is 4. The van der Waals surface area contributed by atoms with Crippen LogP contribution in [0.2, 0.25) is 0 Å². The number of allylic oxidation sites excluding steroid dienone is 24. The Hall–Kier alpha value is -5.06. The first-order valence-electron chi connectivity index (χ1n) is 38.1. The summed E-state index contributed by atoms with van der Waals surface area (Å²) in [6, 6.07) is 0. The van der Waals surface area contributed by atoms with Crippen molar-refractivity contribution in [2.75, 3.05) is 39.6 Å². The third-order valence-electron chi connectivity index (χ3n) is 15.3. The summed E-state index contributed by atoms with van der Waals surface area (Å²) in [4.78, 5) is 72.8. The summed E-state index contributed by atoms with van der Waals surface area (Å²) in [5, 5.41) is 10.6. The molecule has 5 atom stereocenters. The van der Waals surface area contributed by atoms with Gasteiger partial charge in [-0.15, -0.1) is 0 Å². The van der Waals surface area contributed by atoms with Crippen molar-refractivity contribution >= 4 is 39.5 Å². The predicted octanol–water partition coefficient (Wildman–Crippen LogP) is 21.9. The molecule has 0 radical (unpaired) electrons. The summed E-state index contributed by atoms with van der Waals surface area (Å²) < 4.78 is 68.4. The zero-order chi connectivity index (χ0) is 73.2. The van der Waals surface area contributed by atoms with E-state index in [0.29, 0.717) is 32.1 Å². The van der Waals surface area contributed by atoms with Crippen LogP contribution in [0.5, 0.6) is 0 Å². The molecule has 0 aliphatic carbocycles. The highest BCUT2D eigenvalue weighted by Gasteiger charge is 2.30. The summed E-state index contributed by atoms with van der Waals surface area (Å²) in [6.45, 7) is 4.38. The topological polar surface area (TPSA) is 237 Å². The van der Waals surface area contributed by atoms with Crippen molar-refractivity contribution in [2.24, 2.45) is 0 Å². The molecule has 17 nitrogen and oxygen atoms in total. The van der Waals surface area contributed by atoms with Gasteiger partial charge in [0.1, 0.15) is 19.3 Å². The first-order chi connectivity index (χ1) is 48.7. The van der Waals surface area contributed by atoms with Gasteiger partial charge in [-0.25, -0.2) is 9.13 Å². The van der Waals surface area contributed by atoms with Crippen molar-refractivity contribution < 1.29 is 80.2 Å². The Balaban J connectivity index is 5.39. The van der Waals surface area contributed by atoms with E-state index in [1.54, 1.807) is 0 Å². The minimum absolute atomic E-state index is 0.0359. The van der Waals surface area contributed by atoms with Crippen LogP contribution in [0.15, 0.2) is 146 Å². The number of carbonyl (C=O) groups excluding carboxylic acids is 4. The maximum atomic E-state index is 13.1. The number of phosphoric acid groups is 2. The Morgan fingerprint density at radius 1 is 0.290 bits per heavy atom. The maximum absolute atomic E-state index is 13.1. The molecular formula is C81H134O17P2. The van der Waals surface area contributed by atoms with Gasteiger partial charge in [0, 0.05) is 25.7 Å². The number of hydrogen-bond donors (Lipinski definition) is 3. The molecule has 0 saturated heterocycles. The van der Waals surface area contributed by atoms with Crippen LogP contribution >= 0.6 is 15.6 Å². The lowest BCUT2D eigenvalue weighted by molar-refractivity contribution is -0.161. The van der Waals surface area contributed by atoms with Gasteiger partial charge in [-0.1, -0.05) is 251 Å². The fraction of sp³-hybridized carbons (Fsp3) is 0.654. The largest absolute Gasteiger partial charge is 0.472 e. The summed E-state index contributed by atoms with van der Waals surface area (Å²) >= 11 is 0. The first kappa shape index (κ1) is 94.9. The van der Waals surface area contributed by atoms with E-state index >= 15 is 0 Å². The fourth-order valence-electron chi connectivity index (χ4n) is 9.55. The van der Waals surface area contributed by atoms with E-state index in [1.165, 1.54) is 12.8 Å². The number of rotatable bonds is 70. The SMILES string of the molecule is CC/C=C\C/C=C\C/C=C\C/C=C\CCCCCCC(=O)OCC(COP(=O)(O)OCC(O)COP(=O)(O)OCC(COC(=O)CCCCCCCCC/C=C\C/C=C\C/C=C\CC)OC(=O)CCCC/C=C\C/C=C\C/C=C\C/C=C\CC)OC(=O)CCCCCCC/C=C\CCCC. The van der Waals surface area contributed by atoms with Crippen LogP contribution < -0.4 is 0 Å². The van der Waals surface area contributed by atoms with Crippen LogP contribution in [0.25, 0.3) is 0 Å². The lowest BCUT2D eigenvalue weighted by Crippen LogP contribution is -2.30. The third kappa shape index (κ3) is 71.3. The highest BCUT2D eigenvalue weighted by atomic mass is 31.2. The van der Waals surface area contributed by atoms with Crippen molar-refractivity contribution in [1.29, 1.82) is 0 Å². The van der Waals surface area contributed by atoms with Gasteiger partial charge in [0.15, 0.2) is 12.2 Å². The quantitative estimate of drug-likeness (QED) is 0.0169. The van der Waals surface area contributed by atoms with E-state index in [1.807, 2.05) is 0 Å². The van der Waals surface area contributed by atoms with Crippen LogP contribution in [-0.4, -0.2) is 96.7 Å². The van der Waals surface area contributed by atoms with Gasteiger partial charge < -0.3 is 33.8 Å². The minimum atomic E-state index is -4.99. The number of unbranched alkanes of at least 4 members (excludes halogenated alkanes) is 20. The number of ether oxygens (including phenoxy) is 4. The molecule has 0 aliphatic heterocycles. The number of hydrogen-bond acceptors (Lipinski definition) is 15. The lowest BCUT2D eigenvalue weighted by atomic mass is 10.1. The second kappa shape index (κ2) is 72.3. The molecule has 570 valence electrons. The molecule has 100 heavy (non-hydrogen) atoms. The lowest BCUT2D eigenvalue weighted by Gasteiger charge is -2.21. The number of aliphatic hydroxyl groups excluding tert-OH is 1. The second-order valence-electron chi connectivity index (χ2n) is 24.8. The fourth-order valence-corrected chi connectivity index (χ4v) is 11.1. The van der Waals surface area contributed by atoms with Crippen molar-refractivity contribution in [2.45, 2.75) is 303 Å².